The summed E-state index contributed by atoms with van der Waals surface area (Å²) in [5.41, 5.74) is 1.19. The molecule has 0 bridgehead atoms. The summed E-state index contributed by atoms with van der Waals surface area (Å²) in [5.74, 6) is 1.66. The van der Waals surface area contributed by atoms with Gasteiger partial charge in [0.15, 0.2) is 11.5 Å². The smallest absolute Gasteiger partial charge is 0.231 e. The molecule has 82 valence electrons. The van der Waals surface area contributed by atoms with Crippen molar-refractivity contribution in [2.24, 2.45) is 0 Å². The standard InChI is InChI=1S/C11H15NO3/c1-13-5-4-12-7-9-2-3-10-11(6-9)15-8-14-10/h2-3,6,12H,4-5,7-8H2,1H3. The minimum atomic E-state index is 0.329. The van der Waals surface area contributed by atoms with E-state index >= 15 is 0 Å². The quantitative estimate of drug-likeness (QED) is 0.738. The SMILES string of the molecule is COCCNCc1ccc2c(c1)OCO2. The van der Waals surface area contributed by atoms with Gasteiger partial charge in [-0.15, -0.1) is 0 Å². The maximum atomic E-state index is 5.29. The van der Waals surface area contributed by atoms with Gasteiger partial charge in [-0.3, -0.25) is 0 Å². The van der Waals surface area contributed by atoms with Crippen LogP contribution in [0.4, 0.5) is 0 Å². The van der Waals surface area contributed by atoms with E-state index in [1.54, 1.807) is 7.11 Å². The number of ether oxygens (including phenoxy) is 3. The van der Waals surface area contributed by atoms with Crippen molar-refractivity contribution in [3.63, 3.8) is 0 Å². The van der Waals surface area contributed by atoms with Crippen molar-refractivity contribution in [3.8, 4) is 11.5 Å². The monoisotopic (exact) mass is 209 g/mol. The van der Waals surface area contributed by atoms with Crippen LogP contribution < -0.4 is 14.8 Å². The zero-order valence-corrected chi connectivity index (χ0v) is 8.79. The summed E-state index contributed by atoms with van der Waals surface area (Å²) in [6.45, 7) is 2.73. The fraction of sp³-hybridized carbons (Fsp3) is 0.455. The molecule has 1 aliphatic rings. The molecule has 4 heteroatoms. The van der Waals surface area contributed by atoms with Gasteiger partial charge < -0.3 is 19.5 Å². The van der Waals surface area contributed by atoms with Crippen molar-refractivity contribution in [1.82, 2.24) is 5.32 Å². The van der Waals surface area contributed by atoms with Crippen LogP contribution in [0.3, 0.4) is 0 Å². The second-order valence-electron chi connectivity index (χ2n) is 3.36. The lowest BCUT2D eigenvalue weighted by atomic mass is 10.2. The van der Waals surface area contributed by atoms with Gasteiger partial charge in [0.1, 0.15) is 0 Å². The third kappa shape index (κ3) is 2.61. The van der Waals surface area contributed by atoms with Crippen LogP contribution in [-0.4, -0.2) is 27.1 Å². The van der Waals surface area contributed by atoms with Gasteiger partial charge in [-0.2, -0.15) is 0 Å². The van der Waals surface area contributed by atoms with Gasteiger partial charge in [0.2, 0.25) is 6.79 Å². The van der Waals surface area contributed by atoms with E-state index in [2.05, 4.69) is 5.32 Å². The van der Waals surface area contributed by atoms with Crippen LogP contribution >= 0.6 is 0 Å². The van der Waals surface area contributed by atoms with Crippen molar-refractivity contribution >= 4 is 0 Å². The summed E-state index contributed by atoms with van der Waals surface area (Å²) in [6.07, 6.45) is 0. The molecule has 0 fully saturated rings. The fourth-order valence-corrected chi connectivity index (χ4v) is 1.46. The number of benzene rings is 1. The molecular weight excluding hydrogens is 194 g/mol. The first-order chi connectivity index (χ1) is 7.40. The summed E-state index contributed by atoms with van der Waals surface area (Å²) in [4.78, 5) is 0. The largest absolute Gasteiger partial charge is 0.454 e. The molecule has 1 aromatic rings. The molecule has 0 unspecified atom stereocenters. The Balaban J connectivity index is 1.87. The average Bonchev–Trinajstić information content (AvgIpc) is 2.71. The molecule has 1 heterocycles. The number of nitrogens with one attached hydrogen (secondary N) is 1. The van der Waals surface area contributed by atoms with Crippen LogP contribution in [0.15, 0.2) is 18.2 Å². The van der Waals surface area contributed by atoms with Gasteiger partial charge >= 0.3 is 0 Å². The van der Waals surface area contributed by atoms with Gasteiger partial charge in [0.05, 0.1) is 6.61 Å². The van der Waals surface area contributed by atoms with Crippen molar-refractivity contribution in [3.05, 3.63) is 23.8 Å². The van der Waals surface area contributed by atoms with Gasteiger partial charge in [-0.1, -0.05) is 6.07 Å². The topological polar surface area (TPSA) is 39.7 Å². The summed E-state index contributed by atoms with van der Waals surface area (Å²) in [6, 6.07) is 5.98. The Morgan fingerprint density at radius 2 is 2.20 bits per heavy atom. The zero-order valence-electron chi connectivity index (χ0n) is 8.79. The van der Waals surface area contributed by atoms with E-state index in [9.17, 15) is 0 Å². The summed E-state index contributed by atoms with van der Waals surface area (Å²) in [7, 11) is 1.70. The maximum absolute atomic E-state index is 5.29. The van der Waals surface area contributed by atoms with Crippen LogP contribution in [0, 0.1) is 0 Å². The molecule has 0 atom stereocenters. The van der Waals surface area contributed by atoms with Crippen molar-refractivity contribution in [1.29, 1.82) is 0 Å². The van der Waals surface area contributed by atoms with E-state index in [4.69, 9.17) is 14.2 Å². The number of rotatable bonds is 5. The molecule has 1 aromatic carbocycles. The molecule has 0 saturated heterocycles. The zero-order chi connectivity index (χ0) is 10.5. The highest BCUT2D eigenvalue weighted by molar-refractivity contribution is 5.44. The Kier molecular flexibility index (Phi) is 3.42. The van der Waals surface area contributed by atoms with Crippen LogP contribution in [0.25, 0.3) is 0 Å². The number of methoxy groups -OCH3 is 1. The molecule has 1 N–H and O–H groups in total. The molecule has 0 aliphatic carbocycles. The second kappa shape index (κ2) is 5.00. The average molecular weight is 209 g/mol. The Labute approximate surface area is 89.1 Å². The Hall–Kier alpha value is -1.26. The van der Waals surface area contributed by atoms with Crippen molar-refractivity contribution in [2.75, 3.05) is 27.1 Å². The first-order valence-corrected chi connectivity index (χ1v) is 4.98. The van der Waals surface area contributed by atoms with E-state index in [-0.39, 0.29) is 0 Å². The van der Waals surface area contributed by atoms with E-state index in [0.29, 0.717) is 6.79 Å². The minimum absolute atomic E-state index is 0.329. The molecule has 2 rings (SSSR count). The summed E-state index contributed by atoms with van der Waals surface area (Å²) >= 11 is 0. The number of hydrogen-bond acceptors (Lipinski definition) is 4. The van der Waals surface area contributed by atoms with Crippen molar-refractivity contribution in [2.45, 2.75) is 6.54 Å². The van der Waals surface area contributed by atoms with Crippen LogP contribution in [-0.2, 0) is 11.3 Å². The third-order valence-electron chi connectivity index (χ3n) is 2.25. The first-order valence-electron chi connectivity index (χ1n) is 4.98. The Morgan fingerprint density at radius 1 is 1.33 bits per heavy atom. The third-order valence-corrected chi connectivity index (χ3v) is 2.25. The Bertz CT molecular complexity index is 328. The van der Waals surface area contributed by atoms with Crippen molar-refractivity contribution < 1.29 is 14.2 Å². The lowest BCUT2D eigenvalue weighted by molar-refractivity contribution is 0.174. The summed E-state index contributed by atoms with van der Waals surface area (Å²) < 4.78 is 15.5. The predicted octanol–water partition coefficient (Wildman–Crippen LogP) is 1.15. The maximum Gasteiger partial charge on any atom is 0.231 e. The first kappa shape index (κ1) is 10.3. The molecule has 4 nitrogen and oxygen atoms in total. The molecular formula is C11H15NO3. The van der Waals surface area contributed by atoms with Crippen LogP contribution in [0.1, 0.15) is 5.56 Å². The Morgan fingerprint density at radius 3 is 3.07 bits per heavy atom. The lowest BCUT2D eigenvalue weighted by Gasteiger charge is -2.04. The number of fused-ring (bicyclic) bond motifs is 1. The highest BCUT2D eigenvalue weighted by Crippen LogP contribution is 2.32. The van der Waals surface area contributed by atoms with E-state index in [1.807, 2.05) is 18.2 Å². The molecule has 0 amide bonds. The van der Waals surface area contributed by atoms with Gasteiger partial charge in [-0.05, 0) is 17.7 Å². The normalized spacial score (nSPS) is 13.1. The second-order valence-corrected chi connectivity index (χ2v) is 3.36. The van der Waals surface area contributed by atoms with E-state index < -0.39 is 0 Å². The van der Waals surface area contributed by atoms with E-state index in [1.165, 1.54) is 5.56 Å². The van der Waals surface area contributed by atoms with Gasteiger partial charge in [0.25, 0.3) is 0 Å². The fourth-order valence-electron chi connectivity index (χ4n) is 1.46. The van der Waals surface area contributed by atoms with E-state index in [0.717, 1.165) is 31.2 Å². The predicted molar refractivity (Wildman–Crippen MR) is 56.1 cm³/mol. The molecule has 0 spiro atoms. The summed E-state index contributed by atoms with van der Waals surface area (Å²) in [5, 5.41) is 3.27. The number of hydrogen-bond donors (Lipinski definition) is 1. The molecule has 15 heavy (non-hydrogen) atoms. The molecule has 0 saturated carbocycles. The molecule has 0 aromatic heterocycles. The molecule has 1 aliphatic heterocycles. The highest BCUT2D eigenvalue weighted by atomic mass is 16.7. The minimum Gasteiger partial charge on any atom is -0.454 e. The van der Waals surface area contributed by atoms with Crippen LogP contribution in [0.2, 0.25) is 0 Å². The highest BCUT2D eigenvalue weighted by Gasteiger charge is 2.12. The lowest BCUT2D eigenvalue weighted by Crippen LogP contribution is -2.18. The van der Waals surface area contributed by atoms with Crippen LogP contribution in [0.5, 0.6) is 11.5 Å². The van der Waals surface area contributed by atoms with Gasteiger partial charge in [0, 0.05) is 20.2 Å². The van der Waals surface area contributed by atoms with Gasteiger partial charge in [-0.25, -0.2) is 0 Å². The molecule has 0 radical (unpaired) electrons.